The highest BCUT2D eigenvalue weighted by Gasteiger charge is 2.34. The third-order valence-electron chi connectivity index (χ3n) is 2.42. The first-order chi connectivity index (χ1) is 9.25. The molecular weight excluding hydrogens is 280 g/mol. The minimum atomic E-state index is -0.214. The van der Waals surface area contributed by atoms with Gasteiger partial charge in [-0.15, -0.1) is 11.3 Å². The molecular formula is C12H8N4OS2. The summed E-state index contributed by atoms with van der Waals surface area (Å²) >= 11 is 2.47. The van der Waals surface area contributed by atoms with Crippen molar-refractivity contribution in [1.82, 2.24) is 9.97 Å². The lowest BCUT2D eigenvalue weighted by molar-refractivity contribution is -0.113. The smallest absolute Gasteiger partial charge is 0.273 e. The Kier molecular flexibility index (Phi) is 3.14. The minimum absolute atomic E-state index is 0.176. The number of carbonyl (C=O) groups is 1. The van der Waals surface area contributed by atoms with Crippen LogP contribution in [-0.2, 0) is 4.79 Å². The van der Waals surface area contributed by atoms with E-state index in [9.17, 15) is 4.79 Å². The number of aromatic nitrogens is 2. The van der Waals surface area contributed by atoms with E-state index in [2.05, 4.69) is 9.97 Å². The summed E-state index contributed by atoms with van der Waals surface area (Å²) in [5.41, 5.74) is 0.840. The fourth-order valence-electron chi connectivity index (χ4n) is 1.60. The maximum absolute atomic E-state index is 12.3. The second-order valence-electron chi connectivity index (χ2n) is 3.66. The first kappa shape index (κ1) is 12.1. The molecule has 0 unspecified atom stereocenters. The number of thiazole rings is 1. The zero-order valence-corrected chi connectivity index (χ0v) is 11.2. The van der Waals surface area contributed by atoms with Crippen LogP contribution >= 0.6 is 23.1 Å². The van der Waals surface area contributed by atoms with E-state index in [-0.39, 0.29) is 11.1 Å². The number of hydrogen-bond donors (Lipinski definition) is 1. The average Bonchev–Trinajstić information content (AvgIpc) is 3.01. The molecule has 7 heteroatoms. The van der Waals surface area contributed by atoms with Crippen LogP contribution < -0.4 is 4.90 Å². The van der Waals surface area contributed by atoms with E-state index in [1.54, 1.807) is 36.1 Å². The molecule has 1 aliphatic heterocycles. The summed E-state index contributed by atoms with van der Waals surface area (Å²) in [7, 11) is 0. The Labute approximate surface area is 117 Å². The zero-order valence-electron chi connectivity index (χ0n) is 9.61. The van der Waals surface area contributed by atoms with Crippen molar-refractivity contribution in [2.75, 3.05) is 4.90 Å². The highest BCUT2D eigenvalue weighted by atomic mass is 32.2. The molecule has 19 heavy (non-hydrogen) atoms. The standard InChI is InChI=1S/C12H8N4OS2/c13-11-16(12-15-4-5-18-12)10(17)9(19-11)6-8-2-1-3-14-7-8/h1-7,13H/b9-6-,13-11?. The topological polar surface area (TPSA) is 69.9 Å². The van der Waals surface area contributed by atoms with Crippen molar-refractivity contribution in [3.8, 4) is 0 Å². The van der Waals surface area contributed by atoms with Crippen molar-refractivity contribution in [2.24, 2.45) is 0 Å². The van der Waals surface area contributed by atoms with Gasteiger partial charge in [-0.1, -0.05) is 6.07 Å². The Morgan fingerprint density at radius 3 is 2.95 bits per heavy atom. The molecule has 0 saturated carbocycles. The van der Waals surface area contributed by atoms with Crippen molar-refractivity contribution >= 4 is 45.4 Å². The zero-order chi connectivity index (χ0) is 13.2. The van der Waals surface area contributed by atoms with E-state index in [4.69, 9.17) is 5.41 Å². The summed E-state index contributed by atoms with van der Waals surface area (Å²) in [4.78, 5) is 22.2. The third-order valence-corrected chi connectivity index (χ3v) is 4.06. The number of thioether (sulfide) groups is 1. The lowest BCUT2D eigenvalue weighted by atomic mass is 10.2. The number of nitrogens with one attached hydrogen (secondary N) is 1. The Morgan fingerprint density at radius 1 is 1.37 bits per heavy atom. The van der Waals surface area contributed by atoms with Crippen molar-refractivity contribution in [2.45, 2.75) is 0 Å². The van der Waals surface area contributed by atoms with Gasteiger partial charge in [-0.3, -0.25) is 15.2 Å². The average molecular weight is 288 g/mol. The second-order valence-corrected chi connectivity index (χ2v) is 5.56. The number of carbonyl (C=O) groups excluding carboxylic acids is 1. The van der Waals surface area contributed by atoms with Crippen molar-refractivity contribution in [3.63, 3.8) is 0 Å². The van der Waals surface area contributed by atoms with Crippen molar-refractivity contribution in [3.05, 3.63) is 46.6 Å². The van der Waals surface area contributed by atoms with Gasteiger partial charge in [0.15, 0.2) is 10.3 Å². The van der Waals surface area contributed by atoms with Gasteiger partial charge in [-0.25, -0.2) is 9.88 Å². The van der Waals surface area contributed by atoms with Crippen LogP contribution in [0.15, 0.2) is 41.0 Å². The molecule has 1 aliphatic rings. The number of rotatable bonds is 2. The molecule has 1 fully saturated rings. The molecule has 3 heterocycles. The van der Waals surface area contributed by atoms with E-state index >= 15 is 0 Å². The number of hydrogen-bond acceptors (Lipinski definition) is 6. The van der Waals surface area contributed by atoms with Gasteiger partial charge < -0.3 is 0 Å². The van der Waals surface area contributed by atoms with E-state index in [0.717, 1.165) is 17.3 Å². The maximum atomic E-state index is 12.3. The van der Waals surface area contributed by atoms with Gasteiger partial charge in [0, 0.05) is 24.0 Å². The minimum Gasteiger partial charge on any atom is -0.278 e. The molecule has 1 saturated heterocycles. The van der Waals surface area contributed by atoms with Crippen molar-refractivity contribution in [1.29, 1.82) is 5.41 Å². The molecule has 0 spiro atoms. The molecule has 5 nitrogen and oxygen atoms in total. The predicted octanol–water partition coefficient (Wildman–Crippen LogP) is 2.59. The molecule has 3 rings (SSSR count). The van der Waals surface area contributed by atoms with Gasteiger partial charge in [0.05, 0.1) is 4.91 Å². The Bertz CT molecular complexity index is 652. The predicted molar refractivity (Wildman–Crippen MR) is 77.1 cm³/mol. The Balaban J connectivity index is 1.93. The van der Waals surface area contributed by atoms with E-state index in [0.29, 0.717) is 10.0 Å². The van der Waals surface area contributed by atoms with E-state index < -0.39 is 0 Å². The van der Waals surface area contributed by atoms with Gasteiger partial charge in [-0.05, 0) is 29.5 Å². The van der Waals surface area contributed by atoms with Crippen LogP contribution in [-0.4, -0.2) is 21.0 Å². The van der Waals surface area contributed by atoms with Gasteiger partial charge in [-0.2, -0.15) is 0 Å². The summed E-state index contributed by atoms with van der Waals surface area (Å²) in [5, 5.41) is 10.4. The monoisotopic (exact) mass is 288 g/mol. The molecule has 1 N–H and O–H groups in total. The molecule has 0 aromatic carbocycles. The third kappa shape index (κ3) is 2.29. The first-order valence-corrected chi connectivity index (χ1v) is 7.07. The fraction of sp³-hybridized carbons (Fsp3) is 0. The number of amides is 1. The molecule has 0 radical (unpaired) electrons. The lowest BCUT2D eigenvalue weighted by Crippen LogP contribution is -2.27. The molecule has 0 aliphatic carbocycles. The molecule has 1 amide bonds. The highest BCUT2D eigenvalue weighted by Crippen LogP contribution is 2.35. The fourth-order valence-corrected chi connectivity index (χ4v) is 3.14. The number of pyridine rings is 1. The normalized spacial score (nSPS) is 17.5. The van der Waals surface area contributed by atoms with Crippen LogP contribution in [0.1, 0.15) is 5.56 Å². The van der Waals surface area contributed by atoms with Crippen LogP contribution in [0.25, 0.3) is 6.08 Å². The van der Waals surface area contributed by atoms with Gasteiger partial charge >= 0.3 is 0 Å². The first-order valence-electron chi connectivity index (χ1n) is 5.38. The van der Waals surface area contributed by atoms with Crippen LogP contribution in [0.4, 0.5) is 5.13 Å². The second kappa shape index (κ2) is 4.94. The molecule has 2 aromatic rings. The summed E-state index contributed by atoms with van der Waals surface area (Å²) in [6, 6.07) is 3.67. The molecule has 2 aromatic heterocycles. The Morgan fingerprint density at radius 2 is 2.26 bits per heavy atom. The summed E-state index contributed by atoms with van der Waals surface area (Å²) < 4.78 is 0. The number of nitrogens with zero attached hydrogens (tertiary/aromatic N) is 3. The van der Waals surface area contributed by atoms with Crippen LogP contribution in [0.5, 0.6) is 0 Å². The molecule has 0 bridgehead atoms. The maximum Gasteiger partial charge on any atom is 0.273 e. The molecule has 0 atom stereocenters. The van der Waals surface area contributed by atoms with Gasteiger partial charge in [0.1, 0.15) is 0 Å². The summed E-state index contributed by atoms with van der Waals surface area (Å²) in [6.45, 7) is 0. The SMILES string of the molecule is N=C1S/C(=C\c2cccnc2)C(=O)N1c1nccs1. The number of amidine groups is 1. The van der Waals surface area contributed by atoms with Gasteiger partial charge in [0.25, 0.3) is 5.91 Å². The van der Waals surface area contributed by atoms with E-state index in [1.807, 2.05) is 6.07 Å². The quantitative estimate of drug-likeness (QED) is 0.862. The summed E-state index contributed by atoms with van der Waals surface area (Å²) in [6.07, 6.45) is 6.71. The van der Waals surface area contributed by atoms with Crippen LogP contribution in [0, 0.1) is 5.41 Å². The number of anilines is 1. The van der Waals surface area contributed by atoms with Crippen LogP contribution in [0.2, 0.25) is 0 Å². The summed E-state index contributed by atoms with van der Waals surface area (Å²) in [5.74, 6) is -0.214. The van der Waals surface area contributed by atoms with E-state index in [1.165, 1.54) is 16.2 Å². The lowest BCUT2D eigenvalue weighted by Gasteiger charge is -2.08. The van der Waals surface area contributed by atoms with Gasteiger partial charge in [0.2, 0.25) is 0 Å². The van der Waals surface area contributed by atoms with Crippen LogP contribution in [0.3, 0.4) is 0 Å². The largest absolute Gasteiger partial charge is 0.278 e. The highest BCUT2D eigenvalue weighted by molar-refractivity contribution is 8.19. The molecule has 94 valence electrons. The Hall–Kier alpha value is -1.99. The van der Waals surface area contributed by atoms with Crippen molar-refractivity contribution < 1.29 is 4.79 Å².